The molecule has 2 rings (SSSR count). The molecule has 1 aromatic carbocycles. The highest BCUT2D eigenvalue weighted by atomic mass is 16.5. The van der Waals surface area contributed by atoms with E-state index >= 15 is 0 Å². The van der Waals surface area contributed by atoms with Gasteiger partial charge in [-0.3, -0.25) is 4.98 Å². The average molecular weight is 228 g/mol. The molecule has 0 saturated heterocycles. The molecule has 3 nitrogen and oxygen atoms in total. The minimum atomic E-state index is 0.828. The van der Waals surface area contributed by atoms with Crippen LogP contribution in [0.5, 0.6) is 5.75 Å². The molecule has 88 valence electrons. The molecule has 17 heavy (non-hydrogen) atoms. The zero-order valence-corrected chi connectivity index (χ0v) is 10.1. The SMILES string of the molecule is CNCc1cccc(-c2cc(OC)ccn2)c1. The number of rotatable bonds is 4. The number of aromatic nitrogens is 1. The van der Waals surface area contributed by atoms with Crippen molar-refractivity contribution in [1.29, 1.82) is 0 Å². The number of benzene rings is 1. The van der Waals surface area contributed by atoms with Crippen molar-refractivity contribution in [2.75, 3.05) is 14.2 Å². The van der Waals surface area contributed by atoms with Crippen LogP contribution in [0.3, 0.4) is 0 Å². The van der Waals surface area contributed by atoms with E-state index in [4.69, 9.17) is 4.74 Å². The number of nitrogens with one attached hydrogen (secondary N) is 1. The predicted octanol–water partition coefficient (Wildman–Crippen LogP) is 2.48. The van der Waals surface area contributed by atoms with Crippen LogP contribution in [-0.2, 0) is 6.54 Å². The summed E-state index contributed by atoms with van der Waals surface area (Å²) in [5, 5.41) is 3.14. The summed E-state index contributed by atoms with van der Waals surface area (Å²) < 4.78 is 5.20. The quantitative estimate of drug-likeness (QED) is 0.873. The number of nitrogens with zero attached hydrogens (tertiary/aromatic N) is 1. The van der Waals surface area contributed by atoms with Crippen LogP contribution < -0.4 is 10.1 Å². The van der Waals surface area contributed by atoms with E-state index in [9.17, 15) is 0 Å². The Kier molecular flexibility index (Phi) is 3.73. The highest BCUT2D eigenvalue weighted by molar-refractivity contribution is 5.61. The smallest absolute Gasteiger partial charge is 0.122 e. The van der Waals surface area contributed by atoms with Gasteiger partial charge in [-0.25, -0.2) is 0 Å². The van der Waals surface area contributed by atoms with Crippen molar-refractivity contribution in [3.05, 3.63) is 48.2 Å². The minimum absolute atomic E-state index is 0.828. The van der Waals surface area contributed by atoms with E-state index in [-0.39, 0.29) is 0 Å². The van der Waals surface area contributed by atoms with Crippen molar-refractivity contribution >= 4 is 0 Å². The van der Waals surface area contributed by atoms with Gasteiger partial charge in [-0.1, -0.05) is 18.2 Å². The molecule has 1 heterocycles. The van der Waals surface area contributed by atoms with E-state index in [0.717, 1.165) is 23.6 Å². The highest BCUT2D eigenvalue weighted by Gasteiger charge is 2.02. The molecule has 1 N–H and O–H groups in total. The van der Waals surface area contributed by atoms with Gasteiger partial charge >= 0.3 is 0 Å². The fraction of sp³-hybridized carbons (Fsp3) is 0.214. The summed E-state index contributed by atoms with van der Waals surface area (Å²) in [5.74, 6) is 0.828. The molecule has 0 fully saturated rings. The van der Waals surface area contributed by atoms with Gasteiger partial charge in [0.25, 0.3) is 0 Å². The monoisotopic (exact) mass is 228 g/mol. The van der Waals surface area contributed by atoms with E-state index in [0.29, 0.717) is 0 Å². The lowest BCUT2D eigenvalue weighted by Crippen LogP contribution is -2.04. The molecular weight excluding hydrogens is 212 g/mol. The average Bonchev–Trinajstić information content (AvgIpc) is 2.40. The van der Waals surface area contributed by atoms with E-state index < -0.39 is 0 Å². The number of ether oxygens (including phenoxy) is 1. The first-order chi connectivity index (χ1) is 8.33. The Balaban J connectivity index is 2.34. The Labute approximate surface area is 101 Å². The summed E-state index contributed by atoms with van der Waals surface area (Å²) in [6, 6.07) is 12.1. The Morgan fingerprint density at radius 2 is 2.12 bits per heavy atom. The Morgan fingerprint density at radius 1 is 1.24 bits per heavy atom. The first-order valence-corrected chi connectivity index (χ1v) is 5.57. The Hall–Kier alpha value is -1.87. The highest BCUT2D eigenvalue weighted by Crippen LogP contribution is 2.22. The molecule has 0 aliphatic carbocycles. The molecule has 0 aliphatic heterocycles. The van der Waals surface area contributed by atoms with E-state index in [1.807, 2.05) is 25.2 Å². The van der Waals surface area contributed by atoms with Crippen molar-refractivity contribution in [3.63, 3.8) is 0 Å². The van der Waals surface area contributed by atoms with Crippen LogP contribution in [-0.4, -0.2) is 19.1 Å². The largest absolute Gasteiger partial charge is 0.497 e. The van der Waals surface area contributed by atoms with Crippen LogP contribution in [0.15, 0.2) is 42.6 Å². The van der Waals surface area contributed by atoms with Gasteiger partial charge in [0, 0.05) is 24.4 Å². The number of pyridine rings is 1. The third-order valence-corrected chi connectivity index (χ3v) is 2.57. The molecule has 0 saturated carbocycles. The zero-order valence-electron chi connectivity index (χ0n) is 10.1. The van der Waals surface area contributed by atoms with Gasteiger partial charge in [-0.05, 0) is 24.7 Å². The van der Waals surface area contributed by atoms with Crippen LogP contribution >= 0.6 is 0 Å². The first-order valence-electron chi connectivity index (χ1n) is 5.57. The fourth-order valence-corrected chi connectivity index (χ4v) is 1.74. The minimum Gasteiger partial charge on any atom is -0.497 e. The van der Waals surface area contributed by atoms with Gasteiger partial charge < -0.3 is 10.1 Å². The molecule has 0 aliphatic rings. The summed E-state index contributed by atoms with van der Waals surface area (Å²) in [6.45, 7) is 0.859. The number of hydrogen-bond acceptors (Lipinski definition) is 3. The van der Waals surface area contributed by atoms with Crippen LogP contribution in [0.2, 0.25) is 0 Å². The molecule has 1 aromatic heterocycles. The number of methoxy groups -OCH3 is 1. The van der Waals surface area contributed by atoms with Crippen LogP contribution in [0, 0.1) is 0 Å². The normalized spacial score (nSPS) is 10.2. The lowest BCUT2D eigenvalue weighted by atomic mass is 10.1. The summed E-state index contributed by atoms with van der Waals surface area (Å²) in [4.78, 5) is 4.36. The fourth-order valence-electron chi connectivity index (χ4n) is 1.74. The van der Waals surface area contributed by atoms with E-state index in [1.165, 1.54) is 5.56 Å². The van der Waals surface area contributed by atoms with E-state index in [1.54, 1.807) is 13.3 Å². The second kappa shape index (κ2) is 5.46. The molecule has 0 radical (unpaired) electrons. The molecule has 0 bridgehead atoms. The summed E-state index contributed by atoms with van der Waals surface area (Å²) in [7, 11) is 3.60. The lowest BCUT2D eigenvalue weighted by Gasteiger charge is -2.06. The van der Waals surface area contributed by atoms with Crippen molar-refractivity contribution in [2.45, 2.75) is 6.54 Å². The van der Waals surface area contributed by atoms with Gasteiger partial charge in [0.05, 0.1) is 12.8 Å². The zero-order chi connectivity index (χ0) is 12.1. The van der Waals surface area contributed by atoms with Crippen molar-refractivity contribution in [2.24, 2.45) is 0 Å². The second-order valence-electron chi connectivity index (χ2n) is 3.81. The maximum Gasteiger partial charge on any atom is 0.122 e. The molecule has 2 aromatic rings. The summed E-state index contributed by atoms with van der Waals surface area (Å²) in [5.41, 5.74) is 3.29. The van der Waals surface area contributed by atoms with Gasteiger partial charge in [0.2, 0.25) is 0 Å². The first kappa shape index (κ1) is 11.6. The standard InChI is InChI=1S/C14H16N2O/c1-15-10-11-4-3-5-12(8-11)14-9-13(17-2)6-7-16-14/h3-9,15H,10H2,1-2H3. The molecule has 0 atom stereocenters. The topological polar surface area (TPSA) is 34.1 Å². The van der Waals surface area contributed by atoms with Crippen molar-refractivity contribution in [3.8, 4) is 17.0 Å². The lowest BCUT2D eigenvalue weighted by molar-refractivity contribution is 0.414. The maximum atomic E-state index is 5.20. The molecule has 0 spiro atoms. The van der Waals surface area contributed by atoms with Gasteiger partial charge in [0.1, 0.15) is 5.75 Å². The molecule has 0 amide bonds. The molecular formula is C14H16N2O. The van der Waals surface area contributed by atoms with Crippen molar-refractivity contribution < 1.29 is 4.74 Å². The summed E-state index contributed by atoms with van der Waals surface area (Å²) in [6.07, 6.45) is 1.76. The second-order valence-corrected chi connectivity index (χ2v) is 3.81. The van der Waals surface area contributed by atoms with Gasteiger partial charge in [-0.2, -0.15) is 0 Å². The molecule has 3 heteroatoms. The van der Waals surface area contributed by atoms with E-state index in [2.05, 4.69) is 28.5 Å². The molecule has 0 unspecified atom stereocenters. The van der Waals surface area contributed by atoms with Crippen LogP contribution in [0.4, 0.5) is 0 Å². The Morgan fingerprint density at radius 3 is 2.88 bits per heavy atom. The third-order valence-electron chi connectivity index (χ3n) is 2.57. The van der Waals surface area contributed by atoms with Crippen LogP contribution in [0.25, 0.3) is 11.3 Å². The maximum absolute atomic E-state index is 5.20. The van der Waals surface area contributed by atoms with Gasteiger partial charge in [0.15, 0.2) is 0 Å². The predicted molar refractivity (Wildman–Crippen MR) is 69.0 cm³/mol. The van der Waals surface area contributed by atoms with Gasteiger partial charge in [-0.15, -0.1) is 0 Å². The third kappa shape index (κ3) is 2.82. The number of hydrogen-bond donors (Lipinski definition) is 1. The van der Waals surface area contributed by atoms with Crippen LogP contribution in [0.1, 0.15) is 5.56 Å². The van der Waals surface area contributed by atoms with Crippen molar-refractivity contribution in [1.82, 2.24) is 10.3 Å². The Bertz CT molecular complexity index is 497. The summed E-state index contributed by atoms with van der Waals surface area (Å²) >= 11 is 0.